The number of hydrogen-bond donors (Lipinski definition) is 1. The van der Waals surface area contributed by atoms with Gasteiger partial charge >= 0.3 is 0 Å². The van der Waals surface area contributed by atoms with Gasteiger partial charge in [-0.05, 0) is 88.4 Å². The van der Waals surface area contributed by atoms with Crippen molar-refractivity contribution in [2.24, 2.45) is 23.2 Å². The van der Waals surface area contributed by atoms with Gasteiger partial charge in [-0.15, -0.1) is 0 Å². The third-order valence-corrected chi connectivity index (χ3v) is 7.68. The average molecular weight is 336 g/mol. The normalized spacial score (nSPS) is 46.4. The van der Waals surface area contributed by atoms with Crippen LogP contribution in [0.1, 0.15) is 71.6 Å². The number of nitrogens with zero attached hydrogens (tertiary/aromatic N) is 1. The Morgan fingerprint density at radius 2 is 1.54 bits per heavy atom. The quantitative estimate of drug-likeness (QED) is 0.800. The van der Waals surface area contributed by atoms with Crippen LogP contribution in [0.4, 0.5) is 0 Å². The fourth-order valence-electron chi connectivity index (χ4n) is 7.01. The number of ether oxygens (including phenoxy) is 1. The van der Waals surface area contributed by atoms with Gasteiger partial charge in [0.05, 0.1) is 19.3 Å². The summed E-state index contributed by atoms with van der Waals surface area (Å²) in [5, 5.41) is 10.5. The lowest BCUT2D eigenvalue weighted by molar-refractivity contribution is -0.108. The minimum Gasteiger partial charge on any atom is -0.389 e. The molecule has 138 valence electrons. The third kappa shape index (κ3) is 3.54. The molecule has 4 saturated carbocycles. The molecule has 3 atom stereocenters. The van der Waals surface area contributed by atoms with Crippen LogP contribution in [0.25, 0.3) is 0 Å². The molecule has 24 heavy (non-hydrogen) atoms. The van der Waals surface area contributed by atoms with Crippen molar-refractivity contribution in [3.05, 3.63) is 0 Å². The van der Waals surface area contributed by atoms with Gasteiger partial charge in [0, 0.05) is 18.6 Å². The zero-order valence-corrected chi connectivity index (χ0v) is 15.8. The Hall–Kier alpha value is -0.120. The van der Waals surface area contributed by atoms with E-state index in [-0.39, 0.29) is 6.10 Å². The molecule has 3 heteroatoms. The summed E-state index contributed by atoms with van der Waals surface area (Å²) in [4.78, 5) is 2.49. The zero-order chi connectivity index (χ0) is 16.7. The predicted octanol–water partition coefficient (Wildman–Crippen LogP) is 3.84. The highest BCUT2D eigenvalue weighted by molar-refractivity contribution is 5.01. The van der Waals surface area contributed by atoms with E-state index in [2.05, 4.69) is 18.7 Å². The largest absolute Gasteiger partial charge is 0.389 e. The van der Waals surface area contributed by atoms with E-state index in [0.29, 0.717) is 24.1 Å². The maximum absolute atomic E-state index is 10.5. The first-order valence-electron chi connectivity index (χ1n) is 10.5. The van der Waals surface area contributed by atoms with Crippen LogP contribution in [-0.4, -0.2) is 48.0 Å². The number of hydrogen-bond acceptors (Lipinski definition) is 3. The number of β-amino-alcohol motifs (C(OH)–C–C–N with tert-alkyl or cyclic N) is 1. The molecule has 3 nitrogen and oxygen atoms in total. The van der Waals surface area contributed by atoms with Gasteiger partial charge in [0.15, 0.2) is 0 Å². The Kier molecular flexibility index (Phi) is 4.96. The summed E-state index contributed by atoms with van der Waals surface area (Å²) in [7, 11) is 0. The Morgan fingerprint density at radius 1 is 1.00 bits per heavy atom. The summed E-state index contributed by atoms with van der Waals surface area (Å²) < 4.78 is 6.12. The molecule has 4 aliphatic carbocycles. The van der Waals surface area contributed by atoms with E-state index in [1.807, 2.05) is 0 Å². The van der Waals surface area contributed by atoms with Crippen molar-refractivity contribution >= 4 is 0 Å². The van der Waals surface area contributed by atoms with Crippen molar-refractivity contribution in [2.75, 3.05) is 19.8 Å². The second-order valence-electron chi connectivity index (χ2n) is 9.91. The van der Waals surface area contributed by atoms with Crippen LogP contribution in [0.3, 0.4) is 0 Å². The maximum atomic E-state index is 10.5. The van der Waals surface area contributed by atoms with Gasteiger partial charge in [0.2, 0.25) is 0 Å². The van der Waals surface area contributed by atoms with E-state index in [9.17, 15) is 5.11 Å². The Morgan fingerprint density at radius 3 is 2.08 bits per heavy atom. The van der Waals surface area contributed by atoms with E-state index in [0.717, 1.165) is 30.9 Å². The van der Waals surface area contributed by atoms with Gasteiger partial charge in [0.25, 0.3) is 0 Å². The lowest BCUT2D eigenvalue weighted by Gasteiger charge is -2.56. The Balaban J connectivity index is 1.24. The van der Waals surface area contributed by atoms with Crippen molar-refractivity contribution in [2.45, 2.75) is 89.8 Å². The molecule has 0 unspecified atom stereocenters. The van der Waals surface area contributed by atoms with E-state index in [1.54, 1.807) is 0 Å². The number of likely N-dealkylation sites (tertiary alicyclic amines) is 1. The van der Waals surface area contributed by atoms with E-state index >= 15 is 0 Å². The maximum Gasteiger partial charge on any atom is 0.0900 e. The smallest absolute Gasteiger partial charge is 0.0900 e. The molecule has 1 N–H and O–H groups in total. The summed E-state index contributed by atoms with van der Waals surface area (Å²) in [6, 6.07) is 1.21. The topological polar surface area (TPSA) is 32.7 Å². The first kappa shape index (κ1) is 17.3. The minimum absolute atomic E-state index is 0.332. The van der Waals surface area contributed by atoms with Crippen LogP contribution in [-0.2, 0) is 4.74 Å². The van der Waals surface area contributed by atoms with Crippen LogP contribution < -0.4 is 0 Å². The molecular formula is C21H37NO2. The molecule has 0 aromatic carbocycles. The molecule has 5 aliphatic rings. The fourth-order valence-corrected chi connectivity index (χ4v) is 7.01. The molecule has 5 rings (SSSR count). The predicted molar refractivity (Wildman–Crippen MR) is 96.9 cm³/mol. The molecule has 0 aromatic heterocycles. The summed E-state index contributed by atoms with van der Waals surface area (Å²) >= 11 is 0. The third-order valence-electron chi connectivity index (χ3n) is 7.68. The van der Waals surface area contributed by atoms with Crippen molar-refractivity contribution in [1.82, 2.24) is 4.90 Å². The van der Waals surface area contributed by atoms with Gasteiger partial charge < -0.3 is 9.84 Å². The second-order valence-corrected chi connectivity index (χ2v) is 9.91. The molecule has 0 aromatic rings. The zero-order valence-electron chi connectivity index (χ0n) is 15.8. The lowest BCUT2D eigenvalue weighted by Crippen LogP contribution is -2.49. The number of piperidine rings is 1. The number of rotatable bonds is 6. The number of aliphatic hydroxyl groups is 1. The molecule has 0 radical (unpaired) electrons. The molecule has 1 heterocycles. The molecule has 5 fully saturated rings. The number of aliphatic hydroxyl groups excluding tert-OH is 1. The van der Waals surface area contributed by atoms with Gasteiger partial charge in [-0.3, -0.25) is 4.90 Å². The van der Waals surface area contributed by atoms with E-state index in [1.165, 1.54) is 57.8 Å². The average Bonchev–Trinajstić information content (AvgIpc) is 2.49. The molecule has 4 bridgehead atoms. The first-order chi connectivity index (χ1) is 11.5. The molecular weight excluding hydrogens is 298 g/mol. The van der Waals surface area contributed by atoms with Gasteiger partial charge in [-0.2, -0.15) is 0 Å². The highest BCUT2D eigenvalue weighted by Gasteiger charge is 2.50. The van der Waals surface area contributed by atoms with E-state index < -0.39 is 0 Å². The summed E-state index contributed by atoms with van der Waals surface area (Å²) in [6.45, 7) is 6.82. The molecule has 0 amide bonds. The minimum atomic E-state index is -0.332. The summed E-state index contributed by atoms with van der Waals surface area (Å²) in [5.74, 6) is 2.96. The summed E-state index contributed by atoms with van der Waals surface area (Å²) in [6.07, 6.45) is 12.2. The summed E-state index contributed by atoms with van der Waals surface area (Å²) in [5.41, 5.74) is 0.472. The van der Waals surface area contributed by atoms with Gasteiger partial charge in [-0.25, -0.2) is 0 Å². The SMILES string of the molecule is C[C@@H]1CCC[C@@H](C)N1C[C@H](O)COCC12CC3CC(CC(C3)C1)C2. The van der Waals surface area contributed by atoms with Crippen molar-refractivity contribution in [3.63, 3.8) is 0 Å². The van der Waals surface area contributed by atoms with Crippen LogP contribution in [0.2, 0.25) is 0 Å². The standard InChI is InChI=1S/C21H37NO2/c1-15-4-3-5-16(2)22(15)12-20(23)13-24-14-21-9-17-6-18(10-21)8-19(7-17)11-21/h15-20,23H,3-14H2,1-2H3/t15-,16-,17?,18?,19?,20+,21?/m1/s1. The monoisotopic (exact) mass is 335 g/mol. The molecule has 0 spiro atoms. The Bertz CT molecular complexity index is 392. The molecule has 1 saturated heterocycles. The van der Waals surface area contributed by atoms with Crippen molar-refractivity contribution in [3.8, 4) is 0 Å². The Labute approximate surface area is 148 Å². The fraction of sp³-hybridized carbons (Fsp3) is 1.00. The van der Waals surface area contributed by atoms with Crippen LogP contribution in [0.5, 0.6) is 0 Å². The second kappa shape index (κ2) is 6.89. The first-order valence-corrected chi connectivity index (χ1v) is 10.5. The van der Waals surface area contributed by atoms with Crippen molar-refractivity contribution in [1.29, 1.82) is 0 Å². The van der Waals surface area contributed by atoms with Crippen LogP contribution in [0.15, 0.2) is 0 Å². The van der Waals surface area contributed by atoms with Crippen LogP contribution >= 0.6 is 0 Å². The highest BCUT2D eigenvalue weighted by Crippen LogP contribution is 2.60. The van der Waals surface area contributed by atoms with Gasteiger partial charge in [-0.1, -0.05) is 6.42 Å². The van der Waals surface area contributed by atoms with Gasteiger partial charge in [0.1, 0.15) is 0 Å². The molecule has 1 aliphatic heterocycles. The van der Waals surface area contributed by atoms with Crippen molar-refractivity contribution < 1.29 is 9.84 Å². The highest BCUT2D eigenvalue weighted by atomic mass is 16.5. The lowest BCUT2D eigenvalue weighted by atomic mass is 9.50. The van der Waals surface area contributed by atoms with E-state index in [4.69, 9.17) is 4.74 Å². The van der Waals surface area contributed by atoms with Crippen LogP contribution in [0, 0.1) is 23.2 Å².